The van der Waals surface area contributed by atoms with Crippen molar-refractivity contribution >= 4 is 23.5 Å². The molecule has 0 radical (unpaired) electrons. The second-order valence-corrected chi connectivity index (χ2v) is 9.10. The predicted octanol–water partition coefficient (Wildman–Crippen LogP) is 4.13. The number of likely N-dealkylation sites (tertiary alicyclic amines) is 1. The highest BCUT2D eigenvalue weighted by molar-refractivity contribution is 5.90. The number of amides is 2. The Morgan fingerprint density at radius 3 is 2.79 bits per heavy atom. The van der Waals surface area contributed by atoms with Crippen molar-refractivity contribution in [2.24, 2.45) is 0 Å². The second-order valence-electron chi connectivity index (χ2n) is 9.10. The van der Waals surface area contributed by atoms with Crippen molar-refractivity contribution in [2.75, 3.05) is 19.0 Å². The van der Waals surface area contributed by atoms with Crippen molar-refractivity contribution in [1.29, 1.82) is 0 Å². The summed E-state index contributed by atoms with van der Waals surface area (Å²) in [5.41, 5.74) is 1.72. The molecule has 1 atom stereocenters. The molecule has 0 spiro atoms. The lowest BCUT2D eigenvalue weighted by molar-refractivity contribution is -0.117. The lowest BCUT2D eigenvalue weighted by Crippen LogP contribution is -2.41. The maximum atomic E-state index is 12.7. The predicted molar refractivity (Wildman–Crippen MR) is 124 cm³/mol. The third kappa shape index (κ3) is 5.42. The average molecular weight is 452 g/mol. The zero-order valence-electron chi connectivity index (χ0n) is 19.4. The third-order valence-electron chi connectivity index (χ3n) is 5.38. The Morgan fingerprint density at radius 1 is 1.21 bits per heavy atom. The molecule has 1 fully saturated rings. The molecule has 0 unspecified atom stereocenters. The summed E-state index contributed by atoms with van der Waals surface area (Å²) >= 11 is 0. The number of aromatic nitrogens is 3. The number of hydrogen-bond acceptors (Lipinski definition) is 6. The lowest BCUT2D eigenvalue weighted by Gasteiger charge is -2.28. The standard InChI is InChI=1S/C24H29N5O4/c1-24(2,3)33-23(31)28-12-6-8-17(28)14-22(30)26-20-15-29-21(25-20)11-10-19(27-29)16-7-5-9-18(13-16)32-4/h5,7,9-11,13,15,17H,6,8,12,14H2,1-4H3,(H,26,30)/t17-/m0/s1. The van der Waals surface area contributed by atoms with E-state index >= 15 is 0 Å². The molecule has 9 nitrogen and oxygen atoms in total. The first-order valence-electron chi connectivity index (χ1n) is 11.0. The number of imidazole rings is 1. The molecule has 9 heteroatoms. The highest BCUT2D eigenvalue weighted by Gasteiger charge is 2.33. The van der Waals surface area contributed by atoms with E-state index in [1.807, 2.05) is 57.2 Å². The van der Waals surface area contributed by atoms with E-state index in [4.69, 9.17) is 9.47 Å². The Morgan fingerprint density at radius 2 is 2.03 bits per heavy atom. The smallest absolute Gasteiger partial charge is 0.410 e. The van der Waals surface area contributed by atoms with Crippen molar-refractivity contribution in [3.63, 3.8) is 0 Å². The third-order valence-corrected chi connectivity index (χ3v) is 5.38. The van der Waals surface area contributed by atoms with Gasteiger partial charge >= 0.3 is 6.09 Å². The number of nitrogens with zero attached hydrogens (tertiary/aromatic N) is 4. The monoisotopic (exact) mass is 451 g/mol. The highest BCUT2D eigenvalue weighted by Crippen LogP contribution is 2.25. The molecule has 1 aliphatic rings. The van der Waals surface area contributed by atoms with E-state index in [0.717, 1.165) is 29.8 Å². The van der Waals surface area contributed by atoms with Gasteiger partial charge in [-0.15, -0.1) is 0 Å². The quantitative estimate of drug-likeness (QED) is 0.626. The lowest BCUT2D eigenvalue weighted by atomic mass is 10.1. The average Bonchev–Trinajstić information content (AvgIpc) is 3.38. The zero-order chi connectivity index (χ0) is 23.6. The van der Waals surface area contributed by atoms with Crippen LogP contribution in [0.25, 0.3) is 16.9 Å². The minimum Gasteiger partial charge on any atom is -0.497 e. The fourth-order valence-corrected chi connectivity index (χ4v) is 3.90. The molecule has 3 heterocycles. The number of nitrogens with one attached hydrogen (secondary N) is 1. The fourth-order valence-electron chi connectivity index (χ4n) is 3.90. The molecule has 174 valence electrons. The van der Waals surface area contributed by atoms with E-state index in [0.29, 0.717) is 18.0 Å². The van der Waals surface area contributed by atoms with Crippen LogP contribution in [0.2, 0.25) is 0 Å². The second kappa shape index (κ2) is 9.09. The van der Waals surface area contributed by atoms with Gasteiger partial charge in [0, 0.05) is 24.6 Å². The highest BCUT2D eigenvalue weighted by atomic mass is 16.6. The minimum atomic E-state index is -0.570. The van der Waals surface area contributed by atoms with Gasteiger partial charge in [-0.05, 0) is 57.9 Å². The van der Waals surface area contributed by atoms with E-state index in [-0.39, 0.29) is 24.5 Å². The Bertz CT molecular complexity index is 1170. The van der Waals surface area contributed by atoms with Crippen LogP contribution in [0.4, 0.5) is 10.6 Å². The van der Waals surface area contributed by atoms with Crippen molar-refractivity contribution < 1.29 is 19.1 Å². The van der Waals surface area contributed by atoms with Crippen LogP contribution in [0.15, 0.2) is 42.6 Å². The van der Waals surface area contributed by atoms with Gasteiger partial charge in [0.15, 0.2) is 11.5 Å². The molecule has 4 rings (SSSR count). The van der Waals surface area contributed by atoms with Crippen molar-refractivity contribution in [1.82, 2.24) is 19.5 Å². The SMILES string of the molecule is COc1cccc(-c2ccc3nc(NC(=O)C[C@@H]4CCCN4C(=O)OC(C)(C)C)cn3n2)c1. The number of anilines is 1. The summed E-state index contributed by atoms with van der Waals surface area (Å²) in [6.07, 6.45) is 3.11. The maximum absolute atomic E-state index is 12.7. The van der Waals surface area contributed by atoms with Gasteiger partial charge in [0.2, 0.25) is 5.91 Å². The van der Waals surface area contributed by atoms with Crippen molar-refractivity contribution in [3.05, 3.63) is 42.6 Å². The summed E-state index contributed by atoms with van der Waals surface area (Å²) in [6, 6.07) is 11.2. The molecular weight excluding hydrogens is 422 g/mol. The Hall–Kier alpha value is -3.62. The van der Waals surface area contributed by atoms with Gasteiger partial charge < -0.3 is 19.7 Å². The van der Waals surface area contributed by atoms with Crippen LogP contribution >= 0.6 is 0 Å². The number of benzene rings is 1. The molecule has 1 aliphatic heterocycles. The van der Waals surface area contributed by atoms with E-state index < -0.39 is 5.60 Å². The van der Waals surface area contributed by atoms with Crippen LogP contribution in [-0.2, 0) is 9.53 Å². The maximum Gasteiger partial charge on any atom is 0.410 e. The van der Waals surface area contributed by atoms with Gasteiger partial charge in [0.1, 0.15) is 11.4 Å². The molecule has 33 heavy (non-hydrogen) atoms. The molecule has 1 N–H and O–H groups in total. The van der Waals surface area contributed by atoms with Crippen LogP contribution in [0.1, 0.15) is 40.0 Å². The molecule has 0 aliphatic carbocycles. The van der Waals surface area contributed by atoms with Gasteiger partial charge in [-0.25, -0.2) is 14.3 Å². The fraction of sp³-hybridized carbons (Fsp3) is 0.417. The minimum absolute atomic E-state index is 0.185. The number of rotatable bonds is 5. The van der Waals surface area contributed by atoms with Gasteiger partial charge in [0.05, 0.1) is 19.0 Å². The summed E-state index contributed by atoms with van der Waals surface area (Å²) < 4.78 is 12.4. The van der Waals surface area contributed by atoms with E-state index in [1.54, 1.807) is 22.7 Å². The molecule has 1 aromatic carbocycles. The first-order chi connectivity index (χ1) is 15.7. The van der Waals surface area contributed by atoms with Crippen LogP contribution in [0, 0.1) is 0 Å². The number of fused-ring (bicyclic) bond motifs is 1. The van der Waals surface area contributed by atoms with Gasteiger partial charge in [-0.3, -0.25) is 4.79 Å². The number of ether oxygens (including phenoxy) is 2. The molecule has 1 saturated heterocycles. The summed E-state index contributed by atoms with van der Waals surface area (Å²) in [6.45, 7) is 6.09. The summed E-state index contributed by atoms with van der Waals surface area (Å²) in [7, 11) is 1.62. The van der Waals surface area contributed by atoms with E-state index in [2.05, 4.69) is 15.4 Å². The molecule has 2 aromatic heterocycles. The zero-order valence-corrected chi connectivity index (χ0v) is 19.4. The Balaban J connectivity index is 1.43. The molecule has 3 aromatic rings. The van der Waals surface area contributed by atoms with Crippen molar-refractivity contribution in [3.8, 4) is 17.0 Å². The van der Waals surface area contributed by atoms with Gasteiger partial charge in [0.25, 0.3) is 0 Å². The van der Waals surface area contributed by atoms with E-state index in [9.17, 15) is 9.59 Å². The number of hydrogen-bond donors (Lipinski definition) is 1. The molecule has 0 bridgehead atoms. The largest absolute Gasteiger partial charge is 0.497 e. The number of methoxy groups -OCH3 is 1. The molecule has 2 amide bonds. The van der Waals surface area contributed by atoms with Crippen molar-refractivity contribution in [2.45, 2.75) is 51.7 Å². The van der Waals surface area contributed by atoms with Crippen LogP contribution in [-0.4, -0.2) is 56.8 Å². The van der Waals surface area contributed by atoms with Crippen LogP contribution < -0.4 is 10.1 Å². The summed E-state index contributed by atoms with van der Waals surface area (Å²) in [5, 5.41) is 7.43. The first kappa shape index (κ1) is 22.6. The normalized spacial score (nSPS) is 16.1. The van der Waals surface area contributed by atoms with Gasteiger partial charge in [-0.1, -0.05) is 12.1 Å². The van der Waals surface area contributed by atoms with Crippen LogP contribution in [0.5, 0.6) is 5.75 Å². The number of carbonyl (C=O) groups is 2. The molecular formula is C24H29N5O4. The Kier molecular flexibility index (Phi) is 6.22. The molecule has 0 saturated carbocycles. The topological polar surface area (TPSA) is 98.1 Å². The van der Waals surface area contributed by atoms with Gasteiger partial charge in [-0.2, -0.15) is 5.10 Å². The van der Waals surface area contributed by atoms with E-state index in [1.165, 1.54) is 0 Å². The first-order valence-corrected chi connectivity index (χ1v) is 11.0. The summed E-state index contributed by atoms with van der Waals surface area (Å²) in [4.78, 5) is 31.2. The Labute approximate surface area is 192 Å². The van der Waals surface area contributed by atoms with Crippen LogP contribution in [0.3, 0.4) is 0 Å². The summed E-state index contributed by atoms with van der Waals surface area (Å²) in [5.74, 6) is 0.962. The number of carbonyl (C=O) groups excluding carboxylic acids is 2.